The van der Waals surface area contributed by atoms with Gasteiger partial charge in [0.05, 0.1) is 5.60 Å². The van der Waals surface area contributed by atoms with E-state index >= 15 is 0 Å². The van der Waals surface area contributed by atoms with Gasteiger partial charge in [-0.15, -0.1) is 0 Å². The van der Waals surface area contributed by atoms with Crippen LogP contribution in [0.25, 0.3) is 0 Å². The monoisotopic (exact) mass is 326 g/mol. The summed E-state index contributed by atoms with van der Waals surface area (Å²) >= 11 is 0. The predicted octanol–water partition coefficient (Wildman–Crippen LogP) is 4.84. The van der Waals surface area contributed by atoms with E-state index in [-0.39, 0.29) is 5.60 Å². The van der Waals surface area contributed by atoms with Gasteiger partial charge in [-0.3, -0.25) is 4.79 Å². The van der Waals surface area contributed by atoms with Gasteiger partial charge in [-0.1, -0.05) is 19.1 Å². The van der Waals surface area contributed by atoms with E-state index in [2.05, 4.69) is 13.5 Å². The molecule has 1 aliphatic heterocycles. The van der Waals surface area contributed by atoms with Crippen molar-refractivity contribution in [1.29, 1.82) is 0 Å². The summed E-state index contributed by atoms with van der Waals surface area (Å²) in [4.78, 5) is 11.9. The summed E-state index contributed by atoms with van der Waals surface area (Å²) in [5.74, 6) is 3.28. The van der Waals surface area contributed by atoms with E-state index in [1.54, 1.807) is 0 Å². The SMILES string of the molecule is C=C1CC2C(CC[C@@]3(C)C2CC[C@@]32CCCO2)[C@H]2CCC(=O)C=C12. The highest BCUT2D eigenvalue weighted by Gasteiger charge is 2.64. The zero-order valence-corrected chi connectivity index (χ0v) is 15.0. The molecular weight excluding hydrogens is 296 g/mol. The molecule has 1 saturated heterocycles. The van der Waals surface area contributed by atoms with Crippen LogP contribution in [0.15, 0.2) is 23.8 Å². The molecular formula is C22H30O2. The molecule has 0 aromatic heterocycles. The molecule has 4 aliphatic carbocycles. The van der Waals surface area contributed by atoms with Crippen molar-refractivity contribution in [1.82, 2.24) is 0 Å². The molecule has 0 aromatic carbocycles. The predicted molar refractivity (Wildman–Crippen MR) is 94.5 cm³/mol. The number of ether oxygens (including phenoxy) is 1. The first-order valence-electron chi connectivity index (χ1n) is 10.1. The van der Waals surface area contributed by atoms with Crippen molar-refractivity contribution in [2.75, 3.05) is 6.61 Å². The number of rotatable bonds is 0. The van der Waals surface area contributed by atoms with Gasteiger partial charge in [0.15, 0.2) is 5.78 Å². The van der Waals surface area contributed by atoms with E-state index in [0.29, 0.717) is 17.1 Å². The Morgan fingerprint density at radius 3 is 2.83 bits per heavy atom. The number of allylic oxidation sites excluding steroid dienone is 2. The molecule has 0 N–H and O–H groups in total. The fourth-order valence-electron chi connectivity index (χ4n) is 7.56. The van der Waals surface area contributed by atoms with Gasteiger partial charge in [0.25, 0.3) is 0 Å². The Kier molecular flexibility index (Phi) is 3.24. The molecule has 0 aromatic rings. The average Bonchev–Trinajstić information content (AvgIpc) is 3.15. The standard InChI is InChI=1S/C22H30O2/c1-14-12-19-17(16-5-4-15(23)13-18(14)16)6-9-21(2)20(19)7-10-22(21)8-3-11-24-22/h13,16-17,19-20H,1,3-12H2,2H3/t16-,17?,19?,20?,21+,22+/m1/s1. The highest BCUT2D eigenvalue weighted by molar-refractivity contribution is 5.92. The van der Waals surface area contributed by atoms with E-state index in [9.17, 15) is 4.79 Å². The van der Waals surface area contributed by atoms with Crippen LogP contribution < -0.4 is 0 Å². The Morgan fingerprint density at radius 2 is 2.04 bits per heavy atom. The van der Waals surface area contributed by atoms with Gasteiger partial charge >= 0.3 is 0 Å². The molecule has 130 valence electrons. The minimum atomic E-state index is 0.183. The van der Waals surface area contributed by atoms with Crippen molar-refractivity contribution >= 4 is 5.78 Å². The summed E-state index contributed by atoms with van der Waals surface area (Å²) < 4.78 is 6.42. The number of hydrogen-bond acceptors (Lipinski definition) is 2. The number of ketones is 1. The van der Waals surface area contributed by atoms with E-state index in [0.717, 1.165) is 43.6 Å². The Morgan fingerprint density at radius 1 is 1.17 bits per heavy atom. The Bertz CT molecular complexity index is 624. The van der Waals surface area contributed by atoms with Crippen LogP contribution in [0, 0.1) is 29.1 Å². The zero-order valence-electron chi connectivity index (χ0n) is 15.0. The van der Waals surface area contributed by atoms with E-state index in [4.69, 9.17) is 4.74 Å². The number of carbonyl (C=O) groups excluding carboxylic acids is 1. The second-order valence-corrected chi connectivity index (χ2v) is 9.39. The first-order chi connectivity index (χ1) is 11.5. The Balaban J connectivity index is 1.49. The summed E-state index contributed by atoms with van der Waals surface area (Å²) in [6.07, 6.45) is 12.7. The third-order valence-corrected chi connectivity index (χ3v) is 8.71. The van der Waals surface area contributed by atoms with Crippen molar-refractivity contribution in [3.8, 4) is 0 Å². The summed E-state index contributed by atoms with van der Waals surface area (Å²) in [5, 5.41) is 0. The molecule has 6 atom stereocenters. The lowest BCUT2D eigenvalue weighted by Gasteiger charge is -2.56. The lowest BCUT2D eigenvalue weighted by atomic mass is 9.50. The maximum absolute atomic E-state index is 11.9. The van der Waals surface area contributed by atoms with Crippen LogP contribution in [0.5, 0.6) is 0 Å². The molecule has 0 amide bonds. The van der Waals surface area contributed by atoms with Gasteiger partial charge in [0.2, 0.25) is 0 Å². The Hall–Kier alpha value is -0.890. The maximum atomic E-state index is 11.9. The van der Waals surface area contributed by atoms with Crippen LogP contribution in [-0.4, -0.2) is 18.0 Å². The van der Waals surface area contributed by atoms with Crippen LogP contribution in [0.1, 0.15) is 64.7 Å². The fourth-order valence-corrected chi connectivity index (χ4v) is 7.56. The lowest BCUT2D eigenvalue weighted by Crippen LogP contribution is -2.52. The van der Waals surface area contributed by atoms with E-state index < -0.39 is 0 Å². The van der Waals surface area contributed by atoms with Gasteiger partial charge in [-0.05, 0) is 92.1 Å². The third kappa shape index (κ3) is 1.84. The van der Waals surface area contributed by atoms with Crippen LogP contribution in [0.2, 0.25) is 0 Å². The van der Waals surface area contributed by atoms with Gasteiger partial charge in [0, 0.05) is 13.0 Å². The molecule has 4 fully saturated rings. The maximum Gasteiger partial charge on any atom is 0.156 e. The summed E-state index contributed by atoms with van der Waals surface area (Å²) in [5.41, 5.74) is 3.15. The molecule has 3 saturated carbocycles. The smallest absolute Gasteiger partial charge is 0.156 e. The van der Waals surface area contributed by atoms with Crippen LogP contribution in [0.3, 0.4) is 0 Å². The van der Waals surface area contributed by atoms with Crippen LogP contribution in [-0.2, 0) is 9.53 Å². The van der Waals surface area contributed by atoms with Gasteiger partial charge in [-0.25, -0.2) is 0 Å². The largest absolute Gasteiger partial charge is 0.374 e. The third-order valence-electron chi connectivity index (χ3n) is 8.71. The lowest BCUT2D eigenvalue weighted by molar-refractivity contribution is -0.126. The van der Waals surface area contributed by atoms with Gasteiger partial charge in [-0.2, -0.15) is 0 Å². The summed E-state index contributed by atoms with van der Waals surface area (Å²) in [7, 11) is 0. The number of hydrogen-bond donors (Lipinski definition) is 0. The second-order valence-electron chi connectivity index (χ2n) is 9.39. The molecule has 0 bridgehead atoms. The zero-order chi connectivity index (χ0) is 16.5. The summed E-state index contributed by atoms with van der Waals surface area (Å²) in [6, 6.07) is 0. The van der Waals surface area contributed by atoms with E-state index in [1.165, 1.54) is 49.7 Å². The van der Waals surface area contributed by atoms with Gasteiger partial charge < -0.3 is 4.74 Å². The molecule has 5 aliphatic rings. The fraction of sp³-hybridized carbons (Fsp3) is 0.773. The molecule has 1 heterocycles. The second kappa shape index (κ2) is 5.06. The molecule has 0 radical (unpaired) electrons. The molecule has 2 nitrogen and oxygen atoms in total. The van der Waals surface area contributed by atoms with Crippen molar-refractivity contribution in [3.05, 3.63) is 23.8 Å². The van der Waals surface area contributed by atoms with Crippen LogP contribution >= 0.6 is 0 Å². The molecule has 2 heteroatoms. The molecule has 3 unspecified atom stereocenters. The highest BCUT2D eigenvalue weighted by atomic mass is 16.5. The van der Waals surface area contributed by atoms with Crippen molar-refractivity contribution < 1.29 is 9.53 Å². The van der Waals surface area contributed by atoms with Crippen molar-refractivity contribution in [2.24, 2.45) is 29.1 Å². The van der Waals surface area contributed by atoms with E-state index in [1.807, 2.05) is 6.08 Å². The molecule has 1 spiro atoms. The van der Waals surface area contributed by atoms with Crippen molar-refractivity contribution in [2.45, 2.75) is 70.3 Å². The van der Waals surface area contributed by atoms with Crippen LogP contribution in [0.4, 0.5) is 0 Å². The van der Waals surface area contributed by atoms with Crippen molar-refractivity contribution in [3.63, 3.8) is 0 Å². The summed E-state index contributed by atoms with van der Waals surface area (Å²) in [6.45, 7) is 7.92. The average molecular weight is 326 g/mol. The number of fused-ring (bicyclic) bond motifs is 6. The first-order valence-corrected chi connectivity index (χ1v) is 10.1. The highest BCUT2D eigenvalue weighted by Crippen LogP contribution is 2.67. The van der Waals surface area contributed by atoms with Gasteiger partial charge in [0.1, 0.15) is 0 Å². The minimum Gasteiger partial charge on any atom is -0.374 e. The quantitative estimate of drug-likeness (QED) is 0.636. The minimum absolute atomic E-state index is 0.183. The topological polar surface area (TPSA) is 26.3 Å². The molecule has 5 rings (SSSR count). The molecule has 24 heavy (non-hydrogen) atoms. The Labute approximate surface area is 145 Å². The first kappa shape index (κ1) is 15.4. The normalized spacial score (nSPS) is 50.5. The number of carbonyl (C=O) groups is 1.